The average Bonchev–Trinajstić information content (AvgIpc) is 3.32. The van der Waals surface area contributed by atoms with Crippen LogP contribution in [0.25, 0.3) is 0 Å². The number of benzene rings is 1. The van der Waals surface area contributed by atoms with E-state index in [1.54, 1.807) is 12.3 Å². The number of hydrogen-bond acceptors (Lipinski definition) is 3. The van der Waals surface area contributed by atoms with Crippen LogP contribution in [0.15, 0.2) is 42.6 Å². The Morgan fingerprint density at radius 1 is 1.20 bits per heavy atom. The van der Waals surface area contributed by atoms with Gasteiger partial charge in [0.05, 0.1) is 0 Å². The van der Waals surface area contributed by atoms with Gasteiger partial charge in [0.15, 0.2) is 0 Å². The van der Waals surface area contributed by atoms with Crippen LogP contribution in [0, 0.1) is 5.92 Å². The van der Waals surface area contributed by atoms with Crippen molar-refractivity contribution in [2.75, 3.05) is 18.0 Å². The molecule has 1 saturated carbocycles. The molecule has 1 saturated heterocycles. The highest BCUT2D eigenvalue weighted by molar-refractivity contribution is 6.30. The summed E-state index contributed by atoms with van der Waals surface area (Å²) in [5, 5.41) is 3.82. The van der Waals surface area contributed by atoms with Crippen molar-refractivity contribution in [3.8, 4) is 0 Å². The normalized spacial score (nSPS) is 19.9. The molecule has 4 nitrogen and oxygen atoms in total. The van der Waals surface area contributed by atoms with Crippen LogP contribution in [-0.2, 0) is 6.42 Å². The lowest BCUT2D eigenvalue weighted by atomic mass is 9.99. The number of carbonyl (C=O) groups is 1. The SMILES string of the molecule is O=C(NC1CC1)c1ccnc(N2CCC(Cc3ccc(Cl)cc3)C2)c1. The monoisotopic (exact) mass is 355 g/mol. The molecule has 0 spiro atoms. The Balaban J connectivity index is 1.39. The molecule has 2 aromatic rings. The van der Waals surface area contributed by atoms with Crippen LogP contribution in [0.3, 0.4) is 0 Å². The number of aromatic nitrogens is 1. The summed E-state index contributed by atoms with van der Waals surface area (Å²) >= 11 is 5.96. The molecule has 1 N–H and O–H groups in total. The molecule has 1 aliphatic carbocycles. The van der Waals surface area contributed by atoms with E-state index in [1.165, 1.54) is 5.56 Å². The second kappa shape index (κ2) is 7.04. The predicted molar refractivity (Wildman–Crippen MR) is 100 cm³/mol. The highest BCUT2D eigenvalue weighted by atomic mass is 35.5. The summed E-state index contributed by atoms with van der Waals surface area (Å²) in [6, 6.07) is 12.2. The van der Waals surface area contributed by atoms with Gasteiger partial charge in [0.2, 0.25) is 0 Å². The second-order valence-electron chi connectivity index (χ2n) is 7.08. The third-order valence-corrected chi connectivity index (χ3v) is 5.22. The van der Waals surface area contributed by atoms with E-state index in [0.717, 1.165) is 49.6 Å². The number of carbonyl (C=O) groups excluding carboxylic acids is 1. The second-order valence-corrected chi connectivity index (χ2v) is 7.52. The lowest BCUT2D eigenvalue weighted by Crippen LogP contribution is -2.26. The zero-order chi connectivity index (χ0) is 17.2. The van der Waals surface area contributed by atoms with Crippen LogP contribution >= 0.6 is 11.6 Å². The number of pyridine rings is 1. The van der Waals surface area contributed by atoms with Gasteiger partial charge in [-0.2, -0.15) is 0 Å². The van der Waals surface area contributed by atoms with Crippen molar-refractivity contribution in [3.05, 3.63) is 58.7 Å². The highest BCUT2D eigenvalue weighted by Gasteiger charge is 2.26. The molecule has 1 unspecified atom stereocenters. The lowest BCUT2D eigenvalue weighted by molar-refractivity contribution is 0.0951. The van der Waals surface area contributed by atoms with E-state index in [1.807, 2.05) is 18.2 Å². The third-order valence-electron chi connectivity index (χ3n) is 4.97. The lowest BCUT2D eigenvalue weighted by Gasteiger charge is -2.18. The molecule has 1 aliphatic heterocycles. The molecule has 0 bridgehead atoms. The summed E-state index contributed by atoms with van der Waals surface area (Å²) in [5.41, 5.74) is 2.03. The molecule has 1 atom stereocenters. The van der Waals surface area contributed by atoms with Crippen molar-refractivity contribution in [2.45, 2.75) is 31.7 Å². The maximum atomic E-state index is 12.2. The average molecular weight is 356 g/mol. The summed E-state index contributed by atoms with van der Waals surface area (Å²) in [6.07, 6.45) is 6.13. The molecule has 2 fully saturated rings. The minimum absolute atomic E-state index is 0.0167. The zero-order valence-corrected chi connectivity index (χ0v) is 14.9. The summed E-state index contributed by atoms with van der Waals surface area (Å²) in [4.78, 5) is 19.0. The van der Waals surface area contributed by atoms with Gasteiger partial charge in [-0.1, -0.05) is 23.7 Å². The molecular formula is C20H22ClN3O. The van der Waals surface area contributed by atoms with Gasteiger partial charge in [0.1, 0.15) is 5.82 Å². The molecule has 0 radical (unpaired) electrons. The van der Waals surface area contributed by atoms with E-state index in [0.29, 0.717) is 17.5 Å². The third kappa shape index (κ3) is 4.13. The number of nitrogens with zero attached hydrogens (tertiary/aromatic N) is 2. The maximum Gasteiger partial charge on any atom is 0.251 e. The van der Waals surface area contributed by atoms with Gasteiger partial charge < -0.3 is 10.2 Å². The molecule has 2 heterocycles. The van der Waals surface area contributed by atoms with E-state index >= 15 is 0 Å². The van der Waals surface area contributed by atoms with Gasteiger partial charge in [-0.15, -0.1) is 0 Å². The number of amides is 1. The summed E-state index contributed by atoms with van der Waals surface area (Å²) < 4.78 is 0. The van der Waals surface area contributed by atoms with Crippen molar-refractivity contribution in [2.24, 2.45) is 5.92 Å². The fourth-order valence-electron chi connectivity index (χ4n) is 3.39. The van der Waals surface area contributed by atoms with E-state index in [4.69, 9.17) is 11.6 Å². The van der Waals surface area contributed by atoms with Crippen molar-refractivity contribution in [3.63, 3.8) is 0 Å². The van der Waals surface area contributed by atoms with Crippen LogP contribution in [0.5, 0.6) is 0 Å². The maximum absolute atomic E-state index is 12.2. The molecule has 5 heteroatoms. The van der Waals surface area contributed by atoms with E-state index in [9.17, 15) is 4.79 Å². The summed E-state index contributed by atoms with van der Waals surface area (Å²) in [5.74, 6) is 1.53. The van der Waals surface area contributed by atoms with Gasteiger partial charge in [0, 0.05) is 35.9 Å². The van der Waals surface area contributed by atoms with Crippen molar-refractivity contribution in [1.29, 1.82) is 0 Å². The first-order valence-corrected chi connectivity index (χ1v) is 9.31. The van der Waals surface area contributed by atoms with Crippen LogP contribution in [0.1, 0.15) is 35.2 Å². The van der Waals surface area contributed by atoms with Crippen molar-refractivity contribution in [1.82, 2.24) is 10.3 Å². The van der Waals surface area contributed by atoms with Gasteiger partial charge in [-0.05, 0) is 61.4 Å². The molecule has 1 aromatic heterocycles. The van der Waals surface area contributed by atoms with Gasteiger partial charge in [-0.3, -0.25) is 4.79 Å². The first-order chi connectivity index (χ1) is 12.2. The van der Waals surface area contributed by atoms with Gasteiger partial charge in [0.25, 0.3) is 5.91 Å². The number of rotatable bonds is 5. The number of nitrogens with one attached hydrogen (secondary N) is 1. The summed E-state index contributed by atoms with van der Waals surface area (Å²) in [7, 11) is 0. The zero-order valence-electron chi connectivity index (χ0n) is 14.1. The molecule has 1 amide bonds. The van der Waals surface area contributed by atoms with Crippen LogP contribution in [-0.4, -0.2) is 30.0 Å². The number of hydrogen-bond donors (Lipinski definition) is 1. The minimum atomic E-state index is 0.0167. The Bertz CT molecular complexity index is 758. The Labute approximate surface area is 153 Å². The number of halogens is 1. The van der Waals surface area contributed by atoms with Gasteiger partial charge in [-0.25, -0.2) is 4.98 Å². The molecule has 2 aliphatic rings. The fourth-order valence-corrected chi connectivity index (χ4v) is 3.52. The Morgan fingerprint density at radius 3 is 2.76 bits per heavy atom. The van der Waals surface area contributed by atoms with E-state index in [-0.39, 0.29) is 5.91 Å². The molecule has 25 heavy (non-hydrogen) atoms. The van der Waals surface area contributed by atoms with Gasteiger partial charge >= 0.3 is 0 Å². The first kappa shape index (κ1) is 16.4. The Kier molecular flexibility index (Phi) is 4.62. The summed E-state index contributed by atoms with van der Waals surface area (Å²) in [6.45, 7) is 1.96. The molecule has 130 valence electrons. The quantitative estimate of drug-likeness (QED) is 0.889. The molecular weight excluding hydrogens is 334 g/mol. The largest absolute Gasteiger partial charge is 0.356 e. The smallest absolute Gasteiger partial charge is 0.251 e. The molecule has 1 aromatic carbocycles. The fraction of sp³-hybridized carbons (Fsp3) is 0.400. The van der Waals surface area contributed by atoms with Crippen LogP contribution in [0.4, 0.5) is 5.82 Å². The topological polar surface area (TPSA) is 45.2 Å². The molecule has 4 rings (SSSR count). The minimum Gasteiger partial charge on any atom is -0.356 e. The Morgan fingerprint density at radius 2 is 2.00 bits per heavy atom. The van der Waals surface area contributed by atoms with E-state index < -0.39 is 0 Å². The van der Waals surface area contributed by atoms with Crippen LogP contribution < -0.4 is 10.2 Å². The standard InChI is InChI=1S/C20H22ClN3O/c21-17-3-1-14(2-4-17)11-15-8-10-24(13-15)19-12-16(7-9-22-19)20(25)23-18-5-6-18/h1-4,7,9,12,15,18H,5-6,8,10-11,13H2,(H,23,25). The van der Waals surface area contributed by atoms with E-state index in [2.05, 4.69) is 27.3 Å². The van der Waals surface area contributed by atoms with Crippen LogP contribution in [0.2, 0.25) is 5.02 Å². The number of anilines is 1. The predicted octanol–water partition coefficient (Wildman–Crippen LogP) is 3.70. The van der Waals surface area contributed by atoms with Crippen molar-refractivity contribution < 1.29 is 4.79 Å². The van der Waals surface area contributed by atoms with Crippen molar-refractivity contribution >= 4 is 23.3 Å². The first-order valence-electron chi connectivity index (χ1n) is 8.94. The highest BCUT2D eigenvalue weighted by Crippen LogP contribution is 2.26. The Hall–Kier alpha value is -2.07.